The van der Waals surface area contributed by atoms with Crippen LogP contribution in [-0.2, 0) is 16.0 Å². The van der Waals surface area contributed by atoms with Crippen LogP contribution in [0.25, 0.3) is 0 Å². The first-order valence-corrected chi connectivity index (χ1v) is 11.8. The van der Waals surface area contributed by atoms with Gasteiger partial charge in [-0.1, -0.05) is 13.3 Å². The number of unbranched alkanes of at least 4 members (excludes halogenated alkanes) is 1. The minimum atomic E-state index is -0.498. The highest BCUT2D eigenvalue weighted by Gasteiger charge is 2.47. The molecule has 1 saturated carbocycles. The molecule has 2 aliphatic heterocycles. The summed E-state index contributed by atoms with van der Waals surface area (Å²) in [5.74, 6) is 1.48. The lowest BCUT2D eigenvalue weighted by molar-refractivity contribution is -0.130. The first kappa shape index (κ1) is 22.8. The smallest absolute Gasteiger partial charge is 0.407 e. The molecule has 178 valence electrons. The number of rotatable bonds is 8. The number of carbonyl (C=O) groups excluding carboxylic acids is 2. The fourth-order valence-corrected chi connectivity index (χ4v) is 4.59. The fourth-order valence-electron chi connectivity index (χ4n) is 4.59. The van der Waals surface area contributed by atoms with E-state index in [0.29, 0.717) is 37.3 Å². The maximum atomic E-state index is 12.8. The van der Waals surface area contributed by atoms with Crippen LogP contribution in [0.2, 0.25) is 0 Å². The van der Waals surface area contributed by atoms with E-state index in [0.717, 1.165) is 38.5 Å². The number of nitrogens with zero attached hydrogens (tertiary/aromatic N) is 4. The number of aromatic nitrogens is 2. The summed E-state index contributed by atoms with van der Waals surface area (Å²) in [6.07, 6.45) is 5.63. The third kappa shape index (κ3) is 5.16. The lowest BCUT2D eigenvalue weighted by Gasteiger charge is -2.35. The van der Waals surface area contributed by atoms with Crippen LogP contribution < -0.4 is 5.32 Å². The van der Waals surface area contributed by atoms with E-state index in [4.69, 9.17) is 14.0 Å². The van der Waals surface area contributed by atoms with Crippen LogP contribution >= 0.6 is 0 Å². The van der Waals surface area contributed by atoms with Crippen molar-refractivity contribution in [2.45, 2.75) is 96.4 Å². The topological polar surface area (TPSA) is 110 Å². The minimum absolute atomic E-state index is 0.0994. The molecule has 10 nitrogen and oxygen atoms in total. The zero-order valence-electron chi connectivity index (χ0n) is 19.5. The fraction of sp³-hybridized carbons (Fsp3) is 0.818. The van der Waals surface area contributed by atoms with E-state index in [1.165, 1.54) is 0 Å². The number of hydroxylamine groups is 2. The quantitative estimate of drug-likeness (QED) is 0.604. The Bertz CT molecular complexity index is 816. The van der Waals surface area contributed by atoms with Gasteiger partial charge in [-0.25, -0.2) is 9.59 Å². The molecule has 3 fully saturated rings. The molecule has 1 aromatic heterocycles. The monoisotopic (exact) mass is 449 g/mol. The van der Waals surface area contributed by atoms with Gasteiger partial charge < -0.3 is 19.4 Å². The van der Waals surface area contributed by atoms with E-state index in [1.54, 1.807) is 9.96 Å². The van der Waals surface area contributed by atoms with Gasteiger partial charge in [0.1, 0.15) is 11.6 Å². The zero-order valence-corrected chi connectivity index (χ0v) is 19.5. The van der Waals surface area contributed by atoms with Gasteiger partial charge in [-0.15, -0.1) is 10.2 Å². The molecule has 3 amide bonds. The number of hydrogen-bond acceptors (Lipinski definition) is 7. The minimum Gasteiger partial charge on any atom is -0.444 e. The summed E-state index contributed by atoms with van der Waals surface area (Å²) in [4.78, 5) is 32.2. The summed E-state index contributed by atoms with van der Waals surface area (Å²) in [6, 6.07) is -0.0815. The molecule has 1 aliphatic carbocycles. The molecular formula is C22H35N5O5. The van der Waals surface area contributed by atoms with Crippen LogP contribution in [0.15, 0.2) is 4.42 Å². The highest BCUT2D eigenvalue weighted by molar-refractivity contribution is 5.77. The summed E-state index contributed by atoms with van der Waals surface area (Å²) in [5, 5.41) is 12.9. The Hall–Kier alpha value is -2.36. The molecule has 0 radical (unpaired) electrons. The molecule has 2 bridgehead atoms. The molecule has 10 heteroatoms. The summed E-state index contributed by atoms with van der Waals surface area (Å²) in [7, 11) is 0. The summed E-state index contributed by atoms with van der Waals surface area (Å²) >= 11 is 0. The van der Waals surface area contributed by atoms with E-state index in [1.807, 2.05) is 20.8 Å². The van der Waals surface area contributed by atoms with Crippen molar-refractivity contribution < 1.29 is 23.6 Å². The van der Waals surface area contributed by atoms with Gasteiger partial charge in [0.2, 0.25) is 11.8 Å². The average Bonchev–Trinajstić information content (AvgIpc) is 3.24. The summed E-state index contributed by atoms with van der Waals surface area (Å²) in [6.45, 7) is 8.84. The molecule has 2 atom stereocenters. The van der Waals surface area contributed by atoms with E-state index in [-0.39, 0.29) is 30.2 Å². The van der Waals surface area contributed by atoms with Gasteiger partial charge in [0.05, 0.1) is 12.6 Å². The standard InChI is InChI=1S/C22H35N5O5/c1-5-6-9-30-27-16-7-8-17(26(13-16)21(27)29)19-25-24-18(31-19)12-14-10-15(11-14)23-20(28)32-22(2,3)4/h14-17H,5-13H2,1-4H3,(H,23,28)/t14-,15-,16-,17-/m0/s1. The summed E-state index contributed by atoms with van der Waals surface area (Å²) < 4.78 is 11.3. The van der Waals surface area contributed by atoms with Gasteiger partial charge in [-0.05, 0) is 58.8 Å². The van der Waals surface area contributed by atoms with Crippen molar-refractivity contribution in [3.05, 3.63) is 11.8 Å². The van der Waals surface area contributed by atoms with Crippen LogP contribution in [0.5, 0.6) is 0 Å². The lowest BCUT2D eigenvalue weighted by Crippen LogP contribution is -2.46. The third-order valence-electron chi connectivity index (χ3n) is 6.24. The van der Waals surface area contributed by atoms with E-state index in [2.05, 4.69) is 22.4 Å². The van der Waals surface area contributed by atoms with Crippen molar-refractivity contribution in [1.82, 2.24) is 25.5 Å². The Morgan fingerprint density at radius 2 is 2.03 bits per heavy atom. The van der Waals surface area contributed by atoms with Gasteiger partial charge in [0.15, 0.2) is 0 Å². The van der Waals surface area contributed by atoms with Crippen LogP contribution in [0.1, 0.15) is 84.0 Å². The zero-order chi connectivity index (χ0) is 22.9. The number of hydrogen-bond donors (Lipinski definition) is 1. The third-order valence-corrected chi connectivity index (χ3v) is 6.24. The first-order valence-electron chi connectivity index (χ1n) is 11.8. The Labute approximate surface area is 188 Å². The number of ether oxygens (including phenoxy) is 1. The van der Waals surface area contributed by atoms with Crippen LogP contribution in [0.3, 0.4) is 0 Å². The lowest BCUT2D eigenvalue weighted by atomic mass is 9.78. The molecule has 2 saturated heterocycles. The largest absolute Gasteiger partial charge is 0.444 e. The van der Waals surface area contributed by atoms with Gasteiger partial charge in [-0.3, -0.25) is 4.84 Å². The number of nitrogens with one attached hydrogen (secondary N) is 1. The number of amides is 3. The number of carbonyl (C=O) groups is 2. The SMILES string of the molecule is CCCCON1C(=O)N2C[C@@H]1CC[C@H]2c1nnc(C[C@H]2C[C@H](NC(=O)OC(C)(C)C)C2)o1. The predicted octanol–water partition coefficient (Wildman–Crippen LogP) is 3.59. The number of urea groups is 1. The van der Waals surface area contributed by atoms with E-state index in [9.17, 15) is 9.59 Å². The normalized spacial score (nSPS) is 27.4. The first-order chi connectivity index (χ1) is 15.2. The molecule has 4 rings (SSSR count). The van der Waals surface area contributed by atoms with Crippen LogP contribution in [0.4, 0.5) is 9.59 Å². The van der Waals surface area contributed by atoms with Crippen molar-refractivity contribution in [2.24, 2.45) is 5.92 Å². The van der Waals surface area contributed by atoms with Crippen molar-refractivity contribution in [2.75, 3.05) is 13.2 Å². The molecule has 0 spiro atoms. The Kier molecular flexibility index (Phi) is 6.60. The van der Waals surface area contributed by atoms with Crippen LogP contribution in [0, 0.1) is 5.92 Å². The van der Waals surface area contributed by atoms with Crippen molar-refractivity contribution in [3.8, 4) is 0 Å². The van der Waals surface area contributed by atoms with Crippen molar-refractivity contribution >= 4 is 12.1 Å². The molecule has 0 unspecified atom stereocenters. The molecule has 1 aromatic rings. The molecular weight excluding hydrogens is 414 g/mol. The predicted molar refractivity (Wildman–Crippen MR) is 114 cm³/mol. The molecule has 0 aromatic carbocycles. The number of fused-ring (bicyclic) bond motifs is 2. The maximum Gasteiger partial charge on any atom is 0.407 e. The number of piperidine rings is 1. The van der Waals surface area contributed by atoms with E-state index < -0.39 is 5.60 Å². The van der Waals surface area contributed by atoms with Gasteiger partial charge >= 0.3 is 12.1 Å². The average molecular weight is 450 g/mol. The molecule has 3 heterocycles. The van der Waals surface area contributed by atoms with Crippen molar-refractivity contribution in [3.63, 3.8) is 0 Å². The van der Waals surface area contributed by atoms with Gasteiger partial charge in [0.25, 0.3) is 0 Å². The Balaban J connectivity index is 1.25. The van der Waals surface area contributed by atoms with Crippen LogP contribution in [-0.4, -0.2) is 63.1 Å². The molecule has 3 aliphatic rings. The second kappa shape index (κ2) is 9.25. The highest BCUT2D eigenvalue weighted by Crippen LogP contribution is 2.38. The van der Waals surface area contributed by atoms with E-state index >= 15 is 0 Å². The second-order valence-electron chi connectivity index (χ2n) is 10.1. The van der Waals surface area contributed by atoms with Crippen molar-refractivity contribution in [1.29, 1.82) is 0 Å². The number of alkyl carbamates (subject to hydrolysis) is 1. The molecule has 1 N–H and O–H groups in total. The van der Waals surface area contributed by atoms with Gasteiger partial charge in [-0.2, -0.15) is 5.06 Å². The highest BCUT2D eigenvalue weighted by atomic mass is 16.7. The molecule has 32 heavy (non-hydrogen) atoms. The second-order valence-corrected chi connectivity index (χ2v) is 10.1. The Morgan fingerprint density at radius 3 is 2.75 bits per heavy atom. The summed E-state index contributed by atoms with van der Waals surface area (Å²) in [5.41, 5.74) is -0.498. The maximum absolute atomic E-state index is 12.8. The Morgan fingerprint density at radius 1 is 1.25 bits per heavy atom. The van der Waals surface area contributed by atoms with Gasteiger partial charge in [0, 0.05) is 19.0 Å².